The van der Waals surface area contributed by atoms with Crippen LogP contribution < -0.4 is 0 Å². The predicted octanol–water partition coefficient (Wildman–Crippen LogP) is 4.06. The zero-order valence-corrected chi connectivity index (χ0v) is 13.8. The molecule has 0 aromatic heterocycles. The Bertz CT molecular complexity index is 342. The van der Waals surface area contributed by atoms with Crippen LogP contribution in [0.5, 0.6) is 0 Å². The number of hydrogen-bond acceptors (Lipinski definition) is 6. The monoisotopic (exact) mass is 316 g/mol. The van der Waals surface area contributed by atoms with Gasteiger partial charge < -0.3 is 18.9 Å². The minimum Gasteiger partial charge on any atom is -0.438 e. The second-order valence-corrected chi connectivity index (χ2v) is 6.04. The molecule has 0 saturated heterocycles. The summed E-state index contributed by atoms with van der Waals surface area (Å²) < 4.78 is 20.0. The summed E-state index contributed by atoms with van der Waals surface area (Å²) in [7, 11) is 1.26. The summed E-state index contributed by atoms with van der Waals surface area (Å²) in [6.45, 7) is 4.69. The fourth-order valence-electron chi connectivity index (χ4n) is 2.47. The van der Waals surface area contributed by atoms with E-state index in [9.17, 15) is 9.59 Å². The highest BCUT2D eigenvalue weighted by Gasteiger charge is 2.32. The molecule has 0 aromatic rings. The molecule has 1 saturated carbocycles. The van der Waals surface area contributed by atoms with Gasteiger partial charge >= 0.3 is 12.3 Å². The quantitative estimate of drug-likeness (QED) is 0.521. The van der Waals surface area contributed by atoms with E-state index in [4.69, 9.17) is 14.2 Å². The normalized spacial score (nSPS) is 21.3. The molecule has 22 heavy (non-hydrogen) atoms. The number of hydrogen-bond donors (Lipinski definition) is 0. The third-order valence-corrected chi connectivity index (χ3v) is 3.70. The zero-order valence-electron chi connectivity index (χ0n) is 13.8. The lowest BCUT2D eigenvalue weighted by Crippen LogP contribution is -2.38. The molecule has 0 N–H and O–H groups in total. The van der Waals surface area contributed by atoms with Crippen LogP contribution in [0.15, 0.2) is 0 Å². The van der Waals surface area contributed by atoms with Crippen molar-refractivity contribution in [1.29, 1.82) is 0 Å². The van der Waals surface area contributed by atoms with E-state index in [1.54, 1.807) is 0 Å². The number of ether oxygens (including phenoxy) is 4. The molecule has 1 rings (SSSR count). The first-order valence-corrected chi connectivity index (χ1v) is 8.11. The average molecular weight is 316 g/mol. The van der Waals surface area contributed by atoms with E-state index in [1.807, 2.05) is 0 Å². The van der Waals surface area contributed by atoms with Crippen LogP contribution in [-0.2, 0) is 18.9 Å². The summed E-state index contributed by atoms with van der Waals surface area (Å²) in [6, 6.07) is 0. The molecule has 0 heterocycles. The second-order valence-electron chi connectivity index (χ2n) is 6.04. The smallest absolute Gasteiger partial charge is 0.438 e. The summed E-state index contributed by atoms with van der Waals surface area (Å²) >= 11 is 0. The van der Waals surface area contributed by atoms with Crippen LogP contribution in [-0.4, -0.2) is 38.2 Å². The lowest BCUT2D eigenvalue weighted by atomic mass is 9.95. The third kappa shape index (κ3) is 7.52. The Hall–Kier alpha value is -1.46. The molecule has 0 aromatic carbocycles. The van der Waals surface area contributed by atoms with Crippen LogP contribution in [0.4, 0.5) is 9.59 Å². The van der Waals surface area contributed by atoms with Gasteiger partial charge in [0.25, 0.3) is 0 Å². The standard InChI is InChI=1S/C16H28O6/c1-12(2)8-6-7-11-20-16(18)22-14-10-5-4-9-13(14)21-15(17)19-3/h12-14H,4-11H2,1-3H3. The van der Waals surface area contributed by atoms with Crippen molar-refractivity contribution in [1.82, 2.24) is 0 Å². The average Bonchev–Trinajstić information content (AvgIpc) is 2.48. The molecule has 6 nitrogen and oxygen atoms in total. The molecule has 6 heteroatoms. The highest BCUT2D eigenvalue weighted by molar-refractivity contribution is 5.61. The van der Waals surface area contributed by atoms with Crippen LogP contribution in [0.3, 0.4) is 0 Å². The van der Waals surface area contributed by atoms with Gasteiger partial charge in [0.1, 0.15) is 12.2 Å². The molecule has 0 spiro atoms. The van der Waals surface area contributed by atoms with Crippen molar-refractivity contribution >= 4 is 12.3 Å². The maximum atomic E-state index is 11.7. The number of carbonyl (C=O) groups excluding carboxylic acids is 2. The molecule has 1 fully saturated rings. The maximum absolute atomic E-state index is 11.7. The van der Waals surface area contributed by atoms with Crippen LogP contribution in [0.1, 0.15) is 58.8 Å². The Labute approximate surface area is 132 Å². The molecule has 1 aliphatic carbocycles. The molecule has 0 bridgehead atoms. The summed E-state index contributed by atoms with van der Waals surface area (Å²) in [5.41, 5.74) is 0. The molecule has 2 atom stereocenters. The molecule has 2 unspecified atom stereocenters. The Kier molecular flexibility index (Phi) is 8.70. The first-order chi connectivity index (χ1) is 10.5. The van der Waals surface area contributed by atoms with Crippen LogP contribution in [0.25, 0.3) is 0 Å². The van der Waals surface area contributed by atoms with Crippen molar-refractivity contribution in [2.24, 2.45) is 5.92 Å². The molecule has 0 radical (unpaired) electrons. The van der Waals surface area contributed by atoms with Crippen molar-refractivity contribution in [3.05, 3.63) is 0 Å². The fourth-order valence-corrected chi connectivity index (χ4v) is 2.47. The van der Waals surface area contributed by atoms with Crippen LogP contribution in [0.2, 0.25) is 0 Å². The van der Waals surface area contributed by atoms with Gasteiger partial charge in [-0.05, 0) is 44.4 Å². The lowest BCUT2D eigenvalue weighted by molar-refractivity contribution is -0.0681. The van der Waals surface area contributed by atoms with Crippen LogP contribution >= 0.6 is 0 Å². The highest BCUT2D eigenvalue weighted by Crippen LogP contribution is 2.24. The predicted molar refractivity (Wildman–Crippen MR) is 80.7 cm³/mol. The van der Waals surface area contributed by atoms with Gasteiger partial charge in [0, 0.05) is 0 Å². The molecule has 0 amide bonds. The van der Waals surface area contributed by atoms with E-state index >= 15 is 0 Å². The number of carbonyl (C=O) groups is 2. The maximum Gasteiger partial charge on any atom is 0.508 e. The number of methoxy groups -OCH3 is 1. The molecule has 1 aliphatic rings. The summed E-state index contributed by atoms with van der Waals surface area (Å²) in [5.74, 6) is 0.658. The van der Waals surface area contributed by atoms with Crippen molar-refractivity contribution in [3.63, 3.8) is 0 Å². The van der Waals surface area contributed by atoms with Gasteiger partial charge in [-0.1, -0.05) is 20.3 Å². The Balaban J connectivity index is 2.26. The summed E-state index contributed by atoms with van der Waals surface area (Å²) in [4.78, 5) is 22.9. The van der Waals surface area contributed by atoms with E-state index in [1.165, 1.54) is 7.11 Å². The first kappa shape index (κ1) is 18.6. The Morgan fingerprint density at radius 3 is 2.14 bits per heavy atom. The fraction of sp³-hybridized carbons (Fsp3) is 0.875. The topological polar surface area (TPSA) is 71.1 Å². The van der Waals surface area contributed by atoms with E-state index < -0.39 is 24.5 Å². The molecular weight excluding hydrogens is 288 g/mol. The zero-order chi connectivity index (χ0) is 16.4. The van der Waals surface area contributed by atoms with Gasteiger partial charge in [0.2, 0.25) is 0 Å². The lowest BCUT2D eigenvalue weighted by Gasteiger charge is -2.29. The number of rotatable bonds is 7. The van der Waals surface area contributed by atoms with Gasteiger partial charge in [-0.2, -0.15) is 0 Å². The Morgan fingerprint density at radius 2 is 1.59 bits per heavy atom. The SMILES string of the molecule is COC(=O)OC1CCCCC1OC(=O)OCCCCC(C)C. The van der Waals surface area contributed by atoms with E-state index in [0.717, 1.165) is 32.1 Å². The van der Waals surface area contributed by atoms with E-state index in [2.05, 4.69) is 18.6 Å². The Morgan fingerprint density at radius 1 is 1.00 bits per heavy atom. The van der Waals surface area contributed by atoms with Gasteiger partial charge in [-0.15, -0.1) is 0 Å². The van der Waals surface area contributed by atoms with Crippen molar-refractivity contribution in [2.75, 3.05) is 13.7 Å². The second kappa shape index (κ2) is 10.3. The van der Waals surface area contributed by atoms with Gasteiger partial charge in [0.05, 0.1) is 13.7 Å². The van der Waals surface area contributed by atoms with E-state index in [0.29, 0.717) is 25.4 Å². The van der Waals surface area contributed by atoms with Gasteiger partial charge in [-0.3, -0.25) is 0 Å². The van der Waals surface area contributed by atoms with Gasteiger partial charge in [0.15, 0.2) is 0 Å². The largest absolute Gasteiger partial charge is 0.508 e. The van der Waals surface area contributed by atoms with Crippen molar-refractivity contribution in [2.45, 2.75) is 71.0 Å². The number of unbranched alkanes of at least 4 members (excludes halogenated alkanes) is 1. The van der Waals surface area contributed by atoms with Gasteiger partial charge in [-0.25, -0.2) is 9.59 Å². The molecule has 0 aliphatic heterocycles. The third-order valence-electron chi connectivity index (χ3n) is 3.70. The minimum absolute atomic E-state index is 0.362. The summed E-state index contributed by atoms with van der Waals surface area (Å²) in [6.07, 6.45) is 3.87. The summed E-state index contributed by atoms with van der Waals surface area (Å²) in [5, 5.41) is 0. The minimum atomic E-state index is -0.748. The van der Waals surface area contributed by atoms with Crippen molar-refractivity contribution in [3.8, 4) is 0 Å². The molecular formula is C16H28O6. The van der Waals surface area contributed by atoms with Crippen LogP contribution in [0, 0.1) is 5.92 Å². The highest BCUT2D eigenvalue weighted by atomic mass is 16.8. The van der Waals surface area contributed by atoms with E-state index in [-0.39, 0.29) is 0 Å². The van der Waals surface area contributed by atoms with Crippen molar-refractivity contribution < 1.29 is 28.5 Å². The first-order valence-electron chi connectivity index (χ1n) is 8.11. The molecule has 128 valence electrons.